The van der Waals surface area contributed by atoms with Crippen molar-refractivity contribution < 1.29 is 4.79 Å². The topological polar surface area (TPSA) is 99.4 Å². The van der Waals surface area contributed by atoms with Gasteiger partial charge in [-0.25, -0.2) is 4.98 Å². The smallest absolute Gasteiger partial charge is 0.291 e. The van der Waals surface area contributed by atoms with E-state index < -0.39 is 0 Å². The van der Waals surface area contributed by atoms with Crippen LogP contribution in [-0.2, 0) is 6.54 Å². The quantitative estimate of drug-likeness (QED) is 0.707. The van der Waals surface area contributed by atoms with Crippen molar-refractivity contribution in [1.82, 2.24) is 30.7 Å². The average molecular weight is 232 g/mol. The minimum absolute atomic E-state index is 0.204. The summed E-state index contributed by atoms with van der Waals surface area (Å²) in [4.78, 5) is 15.9. The molecule has 2 aromatic rings. The Bertz CT molecular complexity index is 513. The number of carbonyl (C=O) groups excluding carboxylic acids is 1. The summed E-state index contributed by atoms with van der Waals surface area (Å²) in [6, 6.07) is 0. The Labute approximate surface area is 97.0 Å². The van der Waals surface area contributed by atoms with Gasteiger partial charge in [0.25, 0.3) is 5.91 Å². The highest BCUT2D eigenvalue weighted by Crippen LogP contribution is 2.37. The first-order valence-electron chi connectivity index (χ1n) is 5.51. The molecule has 3 N–H and O–H groups in total. The normalized spacial score (nSPS) is 14.8. The molecule has 1 amide bonds. The second kappa shape index (κ2) is 4.00. The molecule has 0 aliphatic heterocycles. The van der Waals surface area contributed by atoms with E-state index in [1.807, 2.05) is 0 Å². The van der Waals surface area contributed by atoms with E-state index >= 15 is 0 Å². The molecule has 1 saturated carbocycles. The maximum Gasteiger partial charge on any atom is 0.291 e. The number of nitrogens with zero attached hydrogens (tertiary/aromatic N) is 3. The lowest BCUT2D eigenvalue weighted by molar-refractivity contribution is 0.0941. The van der Waals surface area contributed by atoms with Gasteiger partial charge in [-0.1, -0.05) is 0 Å². The van der Waals surface area contributed by atoms with Gasteiger partial charge in [0.15, 0.2) is 0 Å². The molecule has 7 nitrogen and oxygen atoms in total. The van der Waals surface area contributed by atoms with Gasteiger partial charge in [0.05, 0.1) is 6.20 Å². The first-order valence-corrected chi connectivity index (χ1v) is 5.51. The van der Waals surface area contributed by atoms with Crippen LogP contribution < -0.4 is 5.32 Å². The van der Waals surface area contributed by atoms with Gasteiger partial charge in [-0.3, -0.25) is 15.0 Å². The summed E-state index contributed by atoms with van der Waals surface area (Å²) in [5.41, 5.74) is 0.913. The van der Waals surface area contributed by atoms with Crippen LogP contribution in [0.25, 0.3) is 0 Å². The van der Waals surface area contributed by atoms with Gasteiger partial charge >= 0.3 is 0 Å². The van der Waals surface area contributed by atoms with Crippen molar-refractivity contribution in [2.75, 3.05) is 0 Å². The van der Waals surface area contributed by atoms with E-state index in [4.69, 9.17) is 0 Å². The maximum atomic E-state index is 11.7. The van der Waals surface area contributed by atoms with Crippen molar-refractivity contribution in [3.8, 4) is 0 Å². The molecule has 2 aromatic heterocycles. The number of aromatic amines is 2. The molecular formula is C10H12N6O. The molecule has 0 aromatic carbocycles. The monoisotopic (exact) mass is 232 g/mol. The number of nitrogens with one attached hydrogen (secondary N) is 3. The van der Waals surface area contributed by atoms with Crippen LogP contribution in [0.2, 0.25) is 0 Å². The summed E-state index contributed by atoms with van der Waals surface area (Å²) in [5, 5.41) is 15.9. The molecule has 3 rings (SSSR count). The zero-order valence-electron chi connectivity index (χ0n) is 9.10. The Hall–Kier alpha value is -2.18. The Morgan fingerprint density at radius 2 is 2.41 bits per heavy atom. The van der Waals surface area contributed by atoms with Gasteiger partial charge in [-0.15, -0.1) is 5.10 Å². The zero-order chi connectivity index (χ0) is 11.7. The van der Waals surface area contributed by atoms with Gasteiger partial charge < -0.3 is 5.32 Å². The molecule has 17 heavy (non-hydrogen) atoms. The minimum Gasteiger partial charge on any atom is -0.345 e. The van der Waals surface area contributed by atoms with E-state index in [2.05, 4.69) is 30.7 Å². The van der Waals surface area contributed by atoms with Crippen LogP contribution in [0.5, 0.6) is 0 Å². The molecule has 0 radical (unpaired) electrons. The average Bonchev–Trinajstić information content (AvgIpc) is 2.88. The van der Waals surface area contributed by atoms with Gasteiger partial charge in [-0.2, -0.15) is 5.10 Å². The van der Waals surface area contributed by atoms with Crippen LogP contribution in [0.15, 0.2) is 12.4 Å². The largest absolute Gasteiger partial charge is 0.345 e. The lowest BCUT2D eigenvalue weighted by Crippen LogP contribution is -2.23. The van der Waals surface area contributed by atoms with Gasteiger partial charge in [0.2, 0.25) is 5.82 Å². The lowest BCUT2D eigenvalue weighted by Gasteiger charge is -1.98. The second-order valence-electron chi connectivity index (χ2n) is 4.11. The Morgan fingerprint density at radius 3 is 3.12 bits per heavy atom. The summed E-state index contributed by atoms with van der Waals surface area (Å²) in [6.45, 7) is 0.419. The Kier molecular flexibility index (Phi) is 2.36. The molecule has 0 unspecified atom stereocenters. The zero-order valence-corrected chi connectivity index (χ0v) is 9.10. The molecule has 1 aliphatic rings. The number of amides is 1. The van der Waals surface area contributed by atoms with Crippen molar-refractivity contribution in [3.63, 3.8) is 0 Å². The van der Waals surface area contributed by atoms with Crippen molar-refractivity contribution in [3.05, 3.63) is 29.6 Å². The number of rotatable bonds is 4. The second-order valence-corrected chi connectivity index (χ2v) is 4.11. The Morgan fingerprint density at radius 1 is 1.53 bits per heavy atom. The van der Waals surface area contributed by atoms with Crippen molar-refractivity contribution in [1.29, 1.82) is 0 Å². The summed E-state index contributed by atoms with van der Waals surface area (Å²) >= 11 is 0. The Balaban J connectivity index is 1.60. The fraction of sp³-hybridized carbons (Fsp3) is 0.400. The van der Waals surface area contributed by atoms with Gasteiger partial charge in [0, 0.05) is 24.2 Å². The molecular weight excluding hydrogens is 220 g/mol. The van der Waals surface area contributed by atoms with Crippen LogP contribution in [0.4, 0.5) is 0 Å². The third kappa shape index (κ3) is 2.17. The lowest BCUT2D eigenvalue weighted by atomic mass is 10.3. The highest BCUT2D eigenvalue weighted by atomic mass is 16.2. The molecule has 0 spiro atoms. The predicted molar refractivity (Wildman–Crippen MR) is 58.1 cm³/mol. The van der Waals surface area contributed by atoms with Crippen molar-refractivity contribution >= 4 is 5.91 Å². The van der Waals surface area contributed by atoms with E-state index in [-0.39, 0.29) is 11.7 Å². The number of H-pyrrole nitrogens is 2. The number of hydrogen-bond acceptors (Lipinski definition) is 4. The van der Waals surface area contributed by atoms with Gasteiger partial charge in [-0.05, 0) is 12.8 Å². The summed E-state index contributed by atoms with van der Waals surface area (Å²) in [5.74, 6) is 1.22. The summed E-state index contributed by atoms with van der Waals surface area (Å²) in [7, 11) is 0. The maximum absolute atomic E-state index is 11.7. The van der Waals surface area contributed by atoms with Crippen LogP contribution in [0.3, 0.4) is 0 Å². The standard InChI is InChI=1S/C10H12N6O/c17-10(11-3-6-4-12-13-5-6)9-14-8(15-16-9)7-1-2-7/h4-5,7H,1-3H2,(H,11,17)(H,12,13)(H,14,15,16). The van der Waals surface area contributed by atoms with Crippen LogP contribution in [0.1, 0.15) is 40.8 Å². The van der Waals surface area contributed by atoms with Crippen LogP contribution >= 0.6 is 0 Å². The van der Waals surface area contributed by atoms with Crippen LogP contribution in [-0.4, -0.2) is 31.3 Å². The third-order valence-electron chi connectivity index (χ3n) is 2.68. The molecule has 1 fully saturated rings. The molecule has 0 atom stereocenters. The van der Waals surface area contributed by atoms with E-state index in [1.165, 1.54) is 0 Å². The SMILES string of the molecule is O=C(NCc1cn[nH]c1)c1n[nH]c(C2CC2)n1. The van der Waals surface area contributed by atoms with Crippen molar-refractivity contribution in [2.24, 2.45) is 0 Å². The third-order valence-corrected chi connectivity index (χ3v) is 2.68. The molecule has 7 heteroatoms. The number of aromatic nitrogens is 5. The highest BCUT2D eigenvalue weighted by Gasteiger charge is 2.28. The van der Waals surface area contributed by atoms with E-state index in [1.54, 1.807) is 12.4 Å². The first-order chi connectivity index (χ1) is 8.33. The summed E-state index contributed by atoms with van der Waals surface area (Å²) < 4.78 is 0. The minimum atomic E-state index is -0.269. The number of carbonyl (C=O) groups is 1. The fourth-order valence-corrected chi connectivity index (χ4v) is 1.55. The van der Waals surface area contributed by atoms with E-state index in [0.29, 0.717) is 12.5 Å². The van der Waals surface area contributed by atoms with E-state index in [9.17, 15) is 4.79 Å². The van der Waals surface area contributed by atoms with Crippen molar-refractivity contribution in [2.45, 2.75) is 25.3 Å². The highest BCUT2D eigenvalue weighted by molar-refractivity contribution is 5.90. The fourth-order valence-electron chi connectivity index (χ4n) is 1.55. The molecule has 2 heterocycles. The molecule has 88 valence electrons. The predicted octanol–water partition coefficient (Wildman–Crippen LogP) is 0.335. The first kappa shape index (κ1) is 10.0. The number of hydrogen-bond donors (Lipinski definition) is 3. The van der Waals surface area contributed by atoms with E-state index in [0.717, 1.165) is 24.2 Å². The molecule has 0 bridgehead atoms. The molecule has 1 aliphatic carbocycles. The van der Waals surface area contributed by atoms with Gasteiger partial charge in [0.1, 0.15) is 5.82 Å². The van der Waals surface area contributed by atoms with Crippen LogP contribution in [0, 0.1) is 0 Å². The summed E-state index contributed by atoms with van der Waals surface area (Å²) in [6.07, 6.45) is 5.65. The molecule has 0 saturated heterocycles.